The van der Waals surface area contributed by atoms with E-state index >= 15 is 0 Å². The molecule has 1 amide bonds. The van der Waals surface area contributed by atoms with E-state index in [1.807, 2.05) is 4.90 Å². The Labute approximate surface area is 108 Å². The van der Waals surface area contributed by atoms with E-state index in [-0.39, 0.29) is 11.6 Å². The number of carbonyl (C=O) groups is 1. The summed E-state index contributed by atoms with van der Waals surface area (Å²) >= 11 is 0. The molecule has 1 unspecified atom stereocenters. The second kappa shape index (κ2) is 4.79. The molecular formula is C13H23N3O2. The van der Waals surface area contributed by atoms with Crippen LogP contribution in [0.25, 0.3) is 0 Å². The van der Waals surface area contributed by atoms with Crippen molar-refractivity contribution < 1.29 is 9.53 Å². The third-order valence-corrected chi connectivity index (χ3v) is 4.53. The highest BCUT2D eigenvalue weighted by atomic mass is 16.5. The van der Waals surface area contributed by atoms with Gasteiger partial charge in [-0.3, -0.25) is 10.1 Å². The number of hydrogen-bond donors (Lipinski definition) is 1. The van der Waals surface area contributed by atoms with Crippen molar-refractivity contribution in [2.45, 2.75) is 37.3 Å². The molecule has 2 aliphatic heterocycles. The molecule has 3 fully saturated rings. The molecule has 1 aliphatic carbocycles. The standard InChI is InChI=1S/C13H23N3O2/c1-15-6-7-18-11(8-15)9-16-10-14-13(12(16)17)4-2-3-5-13/h11,14H,2-10H2,1H3. The smallest absolute Gasteiger partial charge is 0.244 e. The van der Waals surface area contributed by atoms with Gasteiger partial charge in [-0.2, -0.15) is 0 Å². The molecule has 3 aliphatic rings. The topological polar surface area (TPSA) is 44.8 Å². The van der Waals surface area contributed by atoms with Crippen LogP contribution in [-0.2, 0) is 9.53 Å². The molecule has 5 heteroatoms. The van der Waals surface area contributed by atoms with E-state index in [9.17, 15) is 4.79 Å². The molecule has 1 spiro atoms. The number of ether oxygens (including phenoxy) is 1. The molecule has 3 rings (SSSR count). The van der Waals surface area contributed by atoms with E-state index in [1.165, 1.54) is 12.8 Å². The first-order valence-corrected chi connectivity index (χ1v) is 7.04. The van der Waals surface area contributed by atoms with E-state index < -0.39 is 0 Å². The van der Waals surface area contributed by atoms with Crippen LogP contribution in [0, 0.1) is 0 Å². The van der Waals surface area contributed by atoms with Crippen LogP contribution in [-0.4, -0.2) is 67.3 Å². The summed E-state index contributed by atoms with van der Waals surface area (Å²) in [4.78, 5) is 16.7. The molecule has 0 aromatic carbocycles. The maximum atomic E-state index is 12.5. The molecule has 2 heterocycles. The van der Waals surface area contributed by atoms with Crippen LogP contribution in [0.4, 0.5) is 0 Å². The second-order valence-electron chi connectivity index (χ2n) is 5.91. The van der Waals surface area contributed by atoms with Crippen molar-refractivity contribution in [2.24, 2.45) is 0 Å². The number of rotatable bonds is 2. The summed E-state index contributed by atoms with van der Waals surface area (Å²) < 4.78 is 5.75. The van der Waals surface area contributed by atoms with Crippen LogP contribution in [0.15, 0.2) is 0 Å². The molecule has 0 radical (unpaired) electrons. The third-order valence-electron chi connectivity index (χ3n) is 4.53. The molecule has 0 aromatic heterocycles. The zero-order valence-corrected chi connectivity index (χ0v) is 11.2. The molecule has 5 nitrogen and oxygen atoms in total. The zero-order valence-electron chi connectivity index (χ0n) is 11.2. The Morgan fingerprint density at radius 2 is 2.22 bits per heavy atom. The van der Waals surface area contributed by atoms with Crippen molar-refractivity contribution >= 4 is 5.91 Å². The van der Waals surface area contributed by atoms with Gasteiger partial charge in [-0.1, -0.05) is 12.8 Å². The van der Waals surface area contributed by atoms with Crippen molar-refractivity contribution in [2.75, 3.05) is 40.0 Å². The highest BCUT2D eigenvalue weighted by Gasteiger charge is 2.48. The summed E-state index contributed by atoms with van der Waals surface area (Å²) in [5.41, 5.74) is -0.222. The maximum absolute atomic E-state index is 12.5. The van der Waals surface area contributed by atoms with Crippen molar-refractivity contribution in [1.29, 1.82) is 0 Å². The largest absolute Gasteiger partial charge is 0.374 e. The third kappa shape index (κ3) is 2.15. The predicted octanol–water partition coefficient (Wildman–Crippen LogP) is 0.0191. The number of hydrogen-bond acceptors (Lipinski definition) is 4. The lowest BCUT2D eigenvalue weighted by Gasteiger charge is -2.32. The fourth-order valence-corrected chi connectivity index (χ4v) is 3.44. The van der Waals surface area contributed by atoms with Gasteiger partial charge in [0.15, 0.2) is 0 Å². The molecule has 1 atom stereocenters. The average molecular weight is 253 g/mol. The van der Waals surface area contributed by atoms with Gasteiger partial charge in [0.2, 0.25) is 5.91 Å². The number of nitrogens with zero attached hydrogens (tertiary/aromatic N) is 2. The molecular weight excluding hydrogens is 230 g/mol. The summed E-state index contributed by atoms with van der Waals surface area (Å²) in [5.74, 6) is 0.303. The first kappa shape index (κ1) is 12.4. The van der Waals surface area contributed by atoms with E-state index in [4.69, 9.17) is 4.74 Å². The van der Waals surface area contributed by atoms with E-state index in [0.717, 1.165) is 39.1 Å². The first-order valence-electron chi connectivity index (χ1n) is 7.04. The summed E-state index contributed by atoms with van der Waals surface area (Å²) in [5, 5.41) is 3.44. The summed E-state index contributed by atoms with van der Waals surface area (Å²) in [7, 11) is 2.11. The van der Waals surface area contributed by atoms with Crippen LogP contribution in [0.3, 0.4) is 0 Å². The molecule has 2 saturated heterocycles. The predicted molar refractivity (Wildman–Crippen MR) is 68.2 cm³/mol. The van der Waals surface area contributed by atoms with E-state index in [1.54, 1.807) is 0 Å². The Morgan fingerprint density at radius 1 is 1.44 bits per heavy atom. The van der Waals surface area contributed by atoms with Gasteiger partial charge in [0.05, 0.1) is 24.9 Å². The van der Waals surface area contributed by atoms with Crippen molar-refractivity contribution in [1.82, 2.24) is 15.1 Å². The van der Waals surface area contributed by atoms with Gasteiger partial charge in [-0.15, -0.1) is 0 Å². The number of carbonyl (C=O) groups excluding carboxylic acids is 1. The lowest BCUT2D eigenvalue weighted by molar-refractivity contribution is -0.134. The minimum absolute atomic E-state index is 0.172. The second-order valence-corrected chi connectivity index (χ2v) is 5.91. The van der Waals surface area contributed by atoms with E-state index in [0.29, 0.717) is 12.6 Å². The monoisotopic (exact) mass is 253 g/mol. The van der Waals surface area contributed by atoms with Crippen LogP contribution in [0.5, 0.6) is 0 Å². The molecule has 0 aromatic rings. The lowest BCUT2D eigenvalue weighted by Crippen LogP contribution is -2.48. The highest BCUT2D eigenvalue weighted by Crippen LogP contribution is 2.34. The first-order chi connectivity index (χ1) is 8.70. The summed E-state index contributed by atoms with van der Waals surface area (Å²) in [6.07, 6.45) is 4.54. The van der Waals surface area contributed by atoms with Gasteiger partial charge in [0, 0.05) is 19.6 Å². The number of nitrogens with one attached hydrogen (secondary N) is 1. The number of amides is 1. The van der Waals surface area contributed by atoms with Gasteiger partial charge >= 0.3 is 0 Å². The quantitative estimate of drug-likeness (QED) is 0.753. The summed E-state index contributed by atoms with van der Waals surface area (Å²) in [6, 6.07) is 0. The van der Waals surface area contributed by atoms with Gasteiger partial charge < -0.3 is 14.5 Å². The van der Waals surface area contributed by atoms with Gasteiger partial charge in [-0.25, -0.2) is 0 Å². The summed E-state index contributed by atoms with van der Waals surface area (Å²) in [6.45, 7) is 4.13. The van der Waals surface area contributed by atoms with E-state index in [2.05, 4.69) is 17.3 Å². The molecule has 1 saturated carbocycles. The average Bonchev–Trinajstić information content (AvgIpc) is 2.93. The SMILES string of the molecule is CN1CCOC(CN2CNC3(CCCC3)C2=O)C1. The van der Waals surface area contributed by atoms with Gasteiger partial charge in [0.25, 0.3) is 0 Å². The van der Waals surface area contributed by atoms with Gasteiger partial charge in [0.1, 0.15) is 0 Å². The van der Waals surface area contributed by atoms with Crippen LogP contribution < -0.4 is 5.32 Å². The fraction of sp³-hybridized carbons (Fsp3) is 0.923. The zero-order chi connectivity index (χ0) is 12.6. The molecule has 0 bridgehead atoms. The van der Waals surface area contributed by atoms with Crippen LogP contribution in [0.2, 0.25) is 0 Å². The Kier molecular flexibility index (Phi) is 3.30. The van der Waals surface area contributed by atoms with Crippen molar-refractivity contribution in [3.63, 3.8) is 0 Å². The number of morpholine rings is 1. The minimum atomic E-state index is -0.222. The number of likely N-dealkylation sites (N-methyl/N-ethyl adjacent to an activating group) is 1. The van der Waals surface area contributed by atoms with Crippen LogP contribution in [0.1, 0.15) is 25.7 Å². The van der Waals surface area contributed by atoms with Crippen molar-refractivity contribution in [3.8, 4) is 0 Å². The normalized spacial score (nSPS) is 32.6. The van der Waals surface area contributed by atoms with Crippen LogP contribution >= 0.6 is 0 Å². The Hall–Kier alpha value is -0.650. The lowest BCUT2D eigenvalue weighted by atomic mass is 9.98. The van der Waals surface area contributed by atoms with Crippen molar-refractivity contribution in [3.05, 3.63) is 0 Å². The minimum Gasteiger partial charge on any atom is -0.374 e. The maximum Gasteiger partial charge on any atom is 0.244 e. The fourth-order valence-electron chi connectivity index (χ4n) is 3.44. The molecule has 102 valence electrons. The molecule has 1 N–H and O–H groups in total. The Balaban J connectivity index is 1.59. The Bertz CT molecular complexity index is 328. The Morgan fingerprint density at radius 3 is 2.94 bits per heavy atom. The molecule has 18 heavy (non-hydrogen) atoms. The highest BCUT2D eigenvalue weighted by molar-refractivity contribution is 5.88. The van der Waals surface area contributed by atoms with Gasteiger partial charge in [-0.05, 0) is 19.9 Å².